The Bertz CT molecular complexity index is 392. The van der Waals surface area contributed by atoms with Gasteiger partial charge in [-0.3, -0.25) is 4.55 Å². The summed E-state index contributed by atoms with van der Waals surface area (Å²) in [5, 5.41) is -5.53. The summed E-state index contributed by atoms with van der Waals surface area (Å²) in [6.07, 6.45) is -0.259. The Balaban J connectivity index is 4.65. The van der Waals surface area contributed by atoms with Gasteiger partial charge in [0.05, 0.1) is 12.2 Å². The number of hydrogen-bond acceptors (Lipinski definition) is 3. The van der Waals surface area contributed by atoms with E-state index in [-0.39, 0.29) is 0 Å². The van der Waals surface area contributed by atoms with E-state index in [0.29, 0.717) is 12.8 Å². The molecule has 0 aromatic rings. The number of alkyl halides is 4. The van der Waals surface area contributed by atoms with Gasteiger partial charge in [-0.25, -0.2) is 0 Å². The third-order valence-electron chi connectivity index (χ3n) is 2.51. The highest BCUT2D eigenvalue weighted by Gasteiger charge is 2.65. The second-order valence-electron chi connectivity index (χ2n) is 4.80. The summed E-state index contributed by atoms with van der Waals surface area (Å²) in [4.78, 5) is 0. The Kier molecular flexibility index (Phi) is 5.80. The lowest BCUT2D eigenvalue weighted by atomic mass is 10.0. The predicted octanol–water partition coefficient (Wildman–Crippen LogP) is 3.09. The number of halogens is 4. The highest BCUT2D eigenvalue weighted by Crippen LogP contribution is 2.40. The van der Waals surface area contributed by atoms with Crippen molar-refractivity contribution in [3.05, 3.63) is 0 Å². The zero-order valence-electron chi connectivity index (χ0n) is 10.9. The van der Waals surface area contributed by atoms with Crippen LogP contribution in [0.3, 0.4) is 0 Å². The maximum atomic E-state index is 13.1. The van der Waals surface area contributed by atoms with Crippen molar-refractivity contribution >= 4 is 10.1 Å². The van der Waals surface area contributed by atoms with Crippen LogP contribution in [0.15, 0.2) is 0 Å². The van der Waals surface area contributed by atoms with E-state index < -0.39 is 39.9 Å². The van der Waals surface area contributed by atoms with Crippen LogP contribution in [0.4, 0.5) is 17.6 Å². The van der Waals surface area contributed by atoms with E-state index in [2.05, 4.69) is 0 Å². The van der Waals surface area contributed by atoms with Crippen LogP contribution in [0.5, 0.6) is 0 Å². The van der Waals surface area contributed by atoms with Crippen molar-refractivity contribution in [1.82, 2.24) is 0 Å². The van der Waals surface area contributed by atoms with Gasteiger partial charge in [0, 0.05) is 6.42 Å². The average Bonchev–Trinajstić information content (AvgIpc) is 2.14. The molecule has 4 nitrogen and oxygen atoms in total. The first-order chi connectivity index (χ1) is 8.27. The van der Waals surface area contributed by atoms with E-state index in [9.17, 15) is 26.0 Å². The molecule has 0 heterocycles. The summed E-state index contributed by atoms with van der Waals surface area (Å²) < 4.78 is 85.5. The fraction of sp³-hybridized carbons (Fsp3) is 1.00. The maximum absolute atomic E-state index is 13.1. The van der Waals surface area contributed by atoms with E-state index in [1.807, 2.05) is 6.92 Å². The molecule has 0 spiro atoms. The third-order valence-corrected chi connectivity index (χ3v) is 3.46. The summed E-state index contributed by atoms with van der Waals surface area (Å²) in [7, 11) is -6.18. The second-order valence-corrected chi connectivity index (χ2v) is 6.27. The first-order valence-electron chi connectivity index (χ1n) is 5.63. The van der Waals surface area contributed by atoms with Crippen molar-refractivity contribution in [2.75, 3.05) is 6.61 Å². The minimum Gasteiger partial charge on any atom is -0.375 e. The van der Waals surface area contributed by atoms with Gasteiger partial charge in [-0.2, -0.15) is 26.0 Å². The zero-order valence-corrected chi connectivity index (χ0v) is 11.7. The smallest absolute Gasteiger partial charge is 0.375 e. The molecule has 0 rings (SSSR count). The van der Waals surface area contributed by atoms with Gasteiger partial charge in [0.1, 0.15) is 0 Å². The third kappa shape index (κ3) is 4.88. The van der Waals surface area contributed by atoms with Crippen molar-refractivity contribution in [3.8, 4) is 0 Å². The van der Waals surface area contributed by atoms with Gasteiger partial charge >= 0.3 is 21.3 Å². The number of hydrogen-bond donors (Lipinski definition) is 1. The molecular formula is C10H18F4O4S. The van der Waals surface area contributed by atoms with E-state index in [1.165, 1.54) is 0 Å². The van der Waals surface area contributed by atoms with Crippen LogP contribution in [0.25, 0.3) is 0 Å². The van der Waals surface area contributed by atoms with Crippen LogP contribution in [0, 0.1) is 0 Å². The molecule has 0 saturated heterocycles. The summed E-state index contributed by atoms with van der Waals surface area (Å²) in [6, 6.07) is 0. The van der Waals surface area contributed by atoms with Gasteiger partial charge in [0.25, 0.3) is 0 Å². The molecule has 0 fully saturated rings. The quantitative estimate of drug-likeness (QED) is 0.553. The molecule has 0 aromatic heterocycles. The maximum Gasteiger partial charge on any atom is 0.431 e. The highest BCUT2D eigenvalue weighted by molar-refractivity contribution is 7.87. The molecule has 0 aromatic carbocycles. The summed E-state index contributed by atoms with van der Waals surface area (Å²) in [5.74, 6) is -4.90. The molecule has 0 aliphatic heterocycles. The van der Waals surface area contributed by atoms with Crippen molar-refractivity contribution in [1.29, 1.82) is 0 Å². The fourth-order valence-electron chi connectivity index (χ4n) is 1.46. The van der Waals surface area contributed by atoms with Crippen molar-refractivity contribution in [2.45, 2.75) is 56.8 Å². The SMILES string of the molecule is CCCC(C)(C)OCCC(F)(F)C(F)(F)S(=O)(=O)O. The molecule has 116 valence electrons. The molecule has 0 aliphatic rings. The Hall–Kier alpha value is -0.410. The van der Waals surface area contributed by atoms with Gasteiger partial charge in [-0.05, 0) is 20.3 Å². The lowest BCUT2D eigenvalue weighted by molar-refractivity contribution is -0.177. The molecule has 0 aliphatic carbocycles. The summed E-state index contributed by atoms with van der Waals surface area (Å²) >= 11 is 0. The standard InChI is InChI=1S/C10H18F4O4S/c1-4-5-8(2,3)18-7-6-9(11,12)10(13,14)19(15,16)17/h4-7H2,1-3H3,(H,15,16,17). The first-order valence-corrected chi connectivity index (χ1v) is 7.07. The first kappa shape index (κ1) is 18.6. The molecule has 0 bridgehead atoms. The summed E-state index contributed by atoms with van der Waals surface area (Å²) in [5.41, 5.74) is -0.766. The average molecular weight is 310 g/mol. The fourth-order valence-corrected chi connectivity index (χ4v) is 1.94. The Labute approximate surface area is 109 Å². The minimum absolute atomic E-state index is 0.535. The van der Waals surface area contributed by atoms with E-state index in [4.69, 9.17) is 9.29 Å². The van der Waals surface area contributed by atoms with Gasteiger partial charge in [-0.15, -0.1) is 0 Å². The van der Waals surface area contributed by atoms with E-state index in [1.54, 1.807) is 13.8 Å². The lowest BCUT2D eigenvalue weighted by Gasteiger charge is -2.28. The van der Waals surface area contributed by atoms with Crippen molar-refractivity contribution in [3.63, 3.8) is 0 Å². The van der Waals surface area contributed by atoms with Crippen LogP contribution < -0.4 is 0 Å². The molecule has 0 amide bonds. The molecule has 19 heavy (non-hydrogen) atoms. The molecule has 0 saturated carbocycles. The minimum atomic E-state index is -6.18. The van der Waals surface area contributed by atoms with E-state index in [0.717, 1.165) is 0 Å². The van der Waals surface area contributed by atoms with Gasteiger partial charge in [0.15, 0.2) is 0 Å². The van der Waals surface area contributed by atoms with Gasteiger partial charge in [0.2, 0.25) is 0 Å². The van der Waals surface area contributed by atoms with Crippen molar-refractivity contribution in [2.24, 2.45) is 0 Å². The van der Waals surface area contributed by atoms with Gasteiger partial charge in [-0.1, -0.05) is 13.3 Å². The topological polar surface area (TPSA) is 63.6 Å². The molecule has 1 N–H and O–H groups in total. The lowest BCUT2D eigenvalue weighted by Crippen LogP contribution is -2.47. The molecule has 9 heteroatoms. The largest absolute Gasteiger partial charge is 0.431 e. The zero-order chi connectivity index (χ0) is 15.5. The summed E-state index contributed by atoms with van der Waals surface area (Å²) in [6.45, 7) is 4.31. The monoisotopic (exact) mass is 310 g/mol. The molecule has 0 radical (unpaired) electrons. The van der Waals surface area contributed by atoms with Gasteiger partial charge < -0.3 is 4.74 Å². The van der Waals surface area contributed by atoms with Crippen LogP contribution in [-0.4, -0.2) is 36.4 Å². The molecular weight excluding hydrogens is 292 g/mol. The van der Waals surface area contributed by atoms with Crippen LogP contribution in [0.1, 0.15) is 40.0 Å². The van der Waals surface area contributed by atoms with E-state index >= 15 is 0 Å². The Morgan fingerprint density at radius 3 is 1.95 bits per heavy atom. The number of rotatable bonds is 8. The van der Waals surface area contributed by atoms with Crippen LogP contribution in [0.2, 0.25) is 0 Å². The molecule has 0 unspecified atom stereocenters. The predicted molar refractivity (Wildman–Crippen MR) is 61.0 cm³/mol. The highest BCUT2D eigenvalue weighted by atomic mass is 32.2. The van der Waals surface area contributed by atoms with Crippen molar-refractivity contribution < 1.29 is 35.3 Å². The normalized spacial score (nSPS) is 14.7. The Morgan fingerprint density at radius 1 is 1.11 bits per heavy atom. The van der Waals surface area contributed by atoms with Crippen LogP contribution >= 0.6 is 0 Å². The second kappa shape index (κ2) is 5.92. The Morgan fingerprint density at radius 2 is 1.58 bits per heavy atom. The number of ether oxygens (including phenoxy) is 1. The van der Waals surface area contributed by atoms with Crippen LogP contribution in [-0.2, 0) is 14.9 Å². The molecule has 0 atom stereocenters.